The standard InChI is InChI=1S/C14H14N4O2S/c1-10-15-13(17-16-10)14(19)18(8-11-4-2-6-20-11)9-12-5-3-7-21-12/h2-7H,8-9H2,1H3,(H,15,16,17). The highest BCUT2D eigenvalue weighted by atomic mass is 32.1. The molecule has 21 heavy (non-hydrogen) atoms. The molecule has 0 aliphatic rings. The lowest BCUT2D eigenvalue weighted by Gasteiger charge is -2.19. The summed E-state index contributed by atoms with van der Waals surface area (Å²) in [6, 6.07) is 7.61. The average Bonchev–Trinajstić information content (AvgIpc) is 3.19. The molecule has 0 saturated heterocycles. The van der Waals surface area contributed by atoms with E-state index < -0.39 is 0 Å². The molecule has 0 unspecified atom stereocenters. The molecule has 0 saturated carbocycles. The van der Waals surface area contributed by atoms with E-state index in [1.54, 1.807) is 35.5 Å². The number of hydrogen-bond acceptors (Lipinski definition) is 5. The summed E-state index contributed by atoms with van der Waals surface area (Å²) in [4.78, 5) is 19.4. The first-order chi connectivity index (χ1) is 10.2. The highest BCUT2D eigenvalue weighted by Gasteiger charge is 2.21. The quantitative estimate of drug-likeness (QED) is 0.786. The van der Waals surface area contributed by atoms with Gasteiger partial charge in [0.15, 0.2) is 0 Å². The lowest BCUT2D eigenvalue weighted by molar-refractivity contribution is 0.0707. The van der Waals surface area contributed by atoms with Crippen LogP contribution in [-0.4, -0.2) is 26.0 Å². The Bertz CT molecular complexity index is 667. The molecule has 0 atom stereocenters. The predicted octanol–water partition coefficient (Wildman–Crippen LogP) is 2.61. The van der Waals surface area contributed by atoms with E-state index in [-0.39, 0.29) is 11.7 Å². The second-order valence-corrected chi connectivity index (χ2v) is 5.60. The van der Waals surface area contributed by atoms with Gasteiger partial charge in [0.1, 0.15) is 11.6 Å². The number of aromatic nitrogens is 3. The Kier molecular flexibility index (Phi) is 3.83. The molecule has 1 amide bonds. The first-order valence-corrected chi connectivity index (χ1v) is 7.33. The van der Waals surface area contributed by atoms with E-state index in [4.69, 9.17) is 4.42 Å². The van der Waals surface area contributed by atoms with Gasteiger partial charge in [0.2, 0.25) is 5.82 Å². The van der Waals surface area contributed by atoms with Gasteiger partial charge in [0.25, 0.3) is 5.91 Å². The number of rotatable bonds is 5. The third-order valence-corrected chi connectivity index (χ3v) is 3.79. The Hall–Kier alpha value is -2.41. The van der Waals surface area contributed by atoms with Crippen LogP contribution in [0, 0.1) is 6.92 Å². The maximum absolute atomic E-state index is 12.6. The Morgan fingerprint density at radius 2 is 2.29 bits per heavy atom. The summed E-state index contributed by atoms with van der Waals surface area (Å²) in [6.45, 7) is 2.65. The molecule has 7 heteroatoms. The van der Waals surface area contributed by atoms with Gasteiger partial charge in [-0.15, -0.1) is 16.4 Å². The van der Waals surface area contributed by atoms with Crippen molar-refractivity contribution in [1.82, 2.24) is 20.1 Å². The number of furan rings is 1. The number of aryl methyl sites for hydroxylation is 1. The van der Waals surface area contributed by atoms with Gasteiger partial charge < -0.3 is 9.32 Å². The number of amides is 1. The zero-order valence-corrected chi connectivity index (χ0v) is 12.3. The van der Waals surface area contributed by atoms with Gasteiger partial charge in [0, 0.05) is 4.88 Å². The Morgan fingerprint density at radius 1 is 1.38 bits per heavy atom. The highest BCUT2D eigenvalue weighted by Crippen LogP contribution is 2.16. The number of nitrogens with one attached hydrogen (secondary N) is 1. The molecule has 0 bridgehead atoms. The maximum Gasteiger partial charge on any atom is 0.294 e. The smallest absolute Gasteiger partial charge is 0.294 e. The van der Waals surface area contributed by atoms with Crippen molar-refractivity contribution < 1.29 is 9.21 Å². The monoisotopic (exact) mass is 302 g/mol. The Balaban J connectivity index is 1.82. The van der Waals surface area contributed by atoms with Crippen LogP contribution in [-0.2, 0) is 13.1 Å². The van der Waals surface area contributed by atoms with Crippen molar-refractivity contribution in [3.63, 3.8) is 0 Å². The molecular weight excluding hydrogens is 288 g/mol. The van der Waals surface area contributed by atoms with E-state index in [0.29, 0.717) is 18.9 Å². The molecule has 0 aliphatic heterocycles. The molecule has 0 radical (unpaired) electrons. The molecule has 1 N–H and O–H groups in total. The van der Waals surface area contributed by atoms with Crippen LogP contribution in [0.5, 0.6) is 0 Å². The first kappa shape index (κ1) is 13.6. The minimum Gasteiger partial charge on any atom is -0.467 e. The zero-order valence-electron chi connectivity index (χ0n) is 11.4. The highest BCUT2D eigenvalue weighted by molar-refractivity contribution is 7.09. The summed E-state index contributed by atoms with van der Waals surface area (Å²) in [5.74, 6) is 1.30. The minimum absolute atomic E-state index is 0.176. The van der Waals surface area contributed by atoms with Crippen LogP contribution < -0.4 is 0 Å². The minimum atomic E-state index is -0.218. The normalized spacial score (nSPS) is 10.7. The van der Waals surface area contributed by atoms with Crippen molar-refractivity contribution in [1.29, 1.82) is 0 Å². The van der Waals surface area contributed by atoms with Crippen LogP contribution in [0.3, 0.4) is 0 Å². The van der Waals surface area contributed by atoms with Crippen LogP contribution in [0.15, 0.2) is 40.3 Å². The summed E-state index contributed by atoms with van der Waals surface area (Å²) >= 11 is 1.61. The molecule has 3 heterocycles. The maximum atomic E-state index is 12.6. The predicted molar refractivity (Wildman–Crippen MR) is 77.7 cm³/mol. The summed E-state index contributed by atoms with van der Waals surface area (Å²) < 4.78 is 5.34. The van der Waals surface area contributed by atoms with Gasteiger partial charge in [-0.25, -0.2) is 4.98 Å². The van der Waals surface area contributed by atoms with Gasteiger partial charge in [-0.3, -0.25) is 9.89 Å². The van der Waals surface area contributed by atoms with E-state index in [9.17, 15) is 4.79 Å². The molecule has 3 rings (SSSR count). The number of thiophene rings is 1. The fourth-order valence-corrected chi connectivity index (χ4v) is 2.68. The van der Waals surface area contributed by atoms with Crippen LogP contribution in [0.25, 0.3) is 0 Å². The Labute approximate surface area is 125 Å². The van der Waals surface area contributed by atoms with E-state index in [1.807, 2.05) is 23.6 Å². The second-order valence-electron chi connectivity index (χ2n) is 4.56. The van der Waals surface area contributed by atoms with Gasteiger partial charge in [-0.2, -0.15) is 0 Å². The summed E-state index contributed by atoms with van der Waals surface area (Å²) in [5.41, 5.74) is 0. The molecule has 3 aromatic rings. The largest absolute Gasteiger partial charge is 0.467 e. The molecule has 0 aliphatic carbocycles. The van der Waals surface area contributed by atoms with E-state index in [2.05, 4.69) is 15.2 Å². The molecule has 6 nitrogen and oxygen atoms in total. The van der Waals surface area contributed by atoms with Crippen molar-refractivity contribution >= 4 is 17.2 Å². The molecule has 108 valence electrons. The number of carbonyl (C=O) groups is 1. The van der Waals surface area contributed by atoms with Crippen LogP contribution >= 0.6 is 11.3 Å². The lowest BCUT2D eigenvalue weighted by Crippen LogP contribution is -2.30. The fraction of sp³-hybridized carbons (Fsp3) is 0.214. The van der Waals surface area contributed by atoms with E-state index in [0.717, 1.165) is 10.6 Å². The van der Waals surface area contributed by atoms with Crippen molar-refractivity contribution in [2.75, 3.05) is 0 Å². The summed E-state index contributed by atoms with van der Waals surface area (Å²) in [7, 11) is 0. The third kappa shape index (κ3) is 3.19. The van der Waals surface area contributed by atoms with Crippen molar-refractivity contribution in [2.24, 2.45) is 0 Å². The molecule has 0 spiro atoms. The number of nitrogens with zero attached hydrogens (tertiary/aromatic N) is 3. The number of H-pyrrole nitrogens is 1. The summed E-state index contributed by atoms with van der Waals surface area (Å²) in [5, 5.41) is 8.62. The van der Waals surface area contributed by atoms with Crippen molar-refractivity contribution in [3.05, 3.63) is 58.2 Å². The molecule has 3 aromatic heterocycles. The Morgan fingerprint density at radius 3 is 2.90 bits per heavy atom. The molecule has 0 aromatic carbocycles. The fourth-order valence-electron chi connectivity index (χ4n) is 1.96. The lowest BCUT2D eigenvalue weighted by atomic mass is 10.3. The van der Waals surface area contributed by atoms with Gasteiger partial charge >= 0.3 is 0 Å². The van der Waals surface area contributed by atoms with Crippen LogP contribution in [0.2, 0.25) is 0 Å². The van der Waals surface area contributed by atoms with Crippen LogP contribution in [0.1, 0.15) is 27.1 Å². The van der Waals surface area contributed by atoms with E-state index >= 15 is 0 Å². The van der Waals surface area contributed by atoms with Crippen molar-refractivity contribution in [3.8, 4) is 0 Å². The first-order valence-electron chi connectivity index (χ1n) is 6.45. The summed E-state index contributed by atoms with van der Waals surface area (Å²) in [6.07, 6.45) is 1.60. The average molecular weight is 302 g/mol. The second kappa shape index (κ2) is 5.92. The van der Waals surface area contributed by atoms with Gasteiger partial charge in [0.05, 0.1) is 19.4 Å². The third-order valence-electron chi connectivity index (χ3n) is 2.93. The number of aromatic amines is 1. The number of hydrogen-bond donors (Lipinski definition) is 1. The van der Waals surface area contributed by atoms with Gasteiger partial charge in [-0.1, -0.05) is 6.07 Å². The van der Waals surface area contributed by atoms with Crippen molar-refractivity contribution in [2.45, 2.75) is 20.0 Å². The van der Waals surface area contributed by atoms with Crippen LogP contribution in [0.4, 0.5) is 0 Å². The number of carbonyl (C=O) groups excluding carboxylic acids is 1. The zero-order chi connectivity index (χ0) is 14.7. The van der Waals surface area contributed by atoms with E-state index in [1.165, 1.54) is 0 Å². The SMILES string of the molecule is Cc1nc(C(=O)N(Cc2ccco2)Cc2cccs2)n[nH]1. The molecular formula is C14H14N4O2S. The topological polar surface area (TPSA) is 75.0 Å². The van der Waals surface area contributed by atoms with Gasteiger partial charge in [-0.05, 0) is 30.5 Å². The molecule has 0 fully saturated rings.